The van der Waals surface area contributed by atoms with Crippen molar-refractivity contribution in [1.82, 2.24) is 46.9 Å². The van der Waals surface area contributed by atoms with E-state index in [-0.39, 0.29) is 70.0 Å². The molecule has 20 heteroatoms. The van der Waals surface area contributed by atoms with E-state index in [0.29, 0.717) is 5.56 Å². The first-order chi connectivity index (χ1) is 31.3. The van der Waals surface area contributed by atoms with Crippen molar-refractivity contribution in [2.45, 2.75) is 75.2 Å². The number of guanidine groups is 2. The van der Waals surface area contributed by atoms with Crippen LogP contribution in [0.15, 0.2) is 91.4 Å². The molecule has 0 aliphatic heterocycles. The number of carboxylic acid groups (broad SMARTS) is 1. The molecule has 5 atom stereocenters. The summed E-state index contributed by atoms with van der Waals surface area (Å²) in [5.74, 6) is -4.74. The molecule has 0 radical (unpaired) electrons. The lowest BCUT2D eigenvalue weighted by Crippen LogP contribution is -2.59. The van der Waals surface area contributed by atoms with Crippen molar-refractivity contribution in [2.75, 3.05) is 13.1 Å². The van der Waals surface area contributed by atoms with E-state index < -0.39 is 59.8 Å². The fourth-order valence-corrected chi connectivity index (χ4v) is 7.77. The van der Waals surface area contributed by atoms with Crippen LogP contribution in [0.1, 0.15) is 42.4 Å². The quantitative estimate of drug-likeness (QED) is 0.0245. The van der Waals surface area contributed by atoms with Gasteiger partial charge in [-0.15, -0.1) is 0 Å². The number of amides is 4. The van der Waals surface area contributed by atoms with Crippen LogP contribution in [0, 0.1) is 10.8 Å². The summed E-state index contributed by atoms with van der Waals surface area (Å²) < 4.78 is 0. The second-order valence-corrected chi connectivity index (χ2v) is 15.8. The molecule has 0 bridgehead atoms. The predicted molar refractivity (Wildman–Crippen MR) is 248 cm³/mol. The Labute approximate surface area is 373 Å². The molecule has 3 heterocycles. The Morgan fingerprint density at radius 3 is 1.29 bits per heavy atom. The summed E-state index contributed by atoms with van der Waals surface area (Å²) in [4.78, 5) is 78.6. The summed E-state index contributed by atoms with van der Waals surface area (Å²) >= 11 is 0. The summed E-state index contributed by atoms with van der Waals surface area (Å²) in [6.07, 6.45) is 5.80. The number of hydrogen-bond acceptors (Lipinski definition) is 8. The molecule has 4 amide bonds. The first-order valence-corrected chi connectivity index (χ1v) is 21.3. The van der Waals surface area contributed by atoms with E-state index in [1.807, 2.05) is 72.8 Å². The summed E-state index contributed by atoms with van der Waals surface area (Å²) in [7, 11) is 0. The molecule has 65 heavy (non-hydrogen) atoms. The number of carbonyl (C=O) groups is 5. The van der Waals surface area contributed by atoms with Crippen molar-refractivity contribution in [3.8, 4) is 0 Å². The second-order valence-electron chi connectivity index (χ2n) is 15.8. The molecule has 3 aromatic heterocycles. The largest absolute Gasteiger partial charge is 0.480 e. The number of nitrogens with one attached hydrogen (secondary N) is 11. The van der Waals surface area contributed by atoms with Crippen LogP contribution in [0.25, 0.3) is 32.7 Å². The molecular weight excluding hydrogens is 833 g/mol. The van der Waals surface area contributed by atoms with Gasteiger partial charge in [-0.2, -0.15) is 0 Å². The standard InChI is InChI=1S/C45H56N14O6/c46-31(19-25-22-53-32-12-4-1-9-28(25)32)39(60)58-37(20-26-23-54-33-13-5-2-10-29(26)33)42(63)57-35(15-7-17-51-44(47)48)40(61)56-36(16-8-18-52-45(49)50)41(62)59-38(43(64)65)21-27-24-55-34-14-6-3-11-30(27)34/h1-6,9-14,22-24,31,35-38,53-55H,7-8,15-21,46H2,(H,56,61)(H,57,63)(H,58,60)(H,59,62)(H,64,65)(H4,47,48,51)(H4,49,50,52)/t31-,35-,36-,37-,38-/m0/s1. The van der Waals surface area contributed by atoms with Gasteiger partial charge in [0.05, 0.1) is 6.04 Å². The highest BCUT2D eigenvalue weighted by Gasteiger charge is 2.33. The van der Waals surface area contributed by atoms with Crippen LogP contribution >= 0.6 is 0 Å². The van der Waals surface area contributed by atoms with Gasteiger partial charge in [0, 0.05) is 77.2 Å². The number of nitrogens with two attached hydrogens (primary N) is 3. The van der Waals surface area contributed by atoms with Crippen LogP contribution < -0.4 is 49.1 Å². The number of benzene rings is 3. The van der Waals surface area contributed by atoms with Crippen LogP contribution in [-0.4, -0.2) is 105 Å². The first-order valence-electron chi connectivity index (χ1n) is 21.3. The monoisotopic (exact) mass is 888 g/mol. The SMILES string of the molecule is N=C(N)NCCC[C@H](NC(=O)[C@H](CCCNC(=N)N)NC(=O)[C@H](Cc1c[nH]c2ccccc12)NC(=O)[C@@H](N)Cc1c[nH]c2ccccc12)C(=O)N[C@@H](Cc1c[nH]c2ccccc12)C(=O)O. The molecule has 0 fully saturated rings. The number of carboxylic acids is 1. The third-order valence-corrected chi connectivity index (χ3v) is 11.1. The van der Waals surface area contributed by atoms with Gasteiger partial charge in [-0.1, -0.05) is 54.6 Å². The minimum absolute atomic E-state index is 0.00258. The topological polar surface area (TPSA) is 351 Å². The predicted octanol–water partition coefficient (Wildman–Crippen LogP) is 1.04. The smallest absolute Gasteiger partial charge is 0.326 e. The Morgan fingerprint density at radius 2 is 0.877 bits per heavy atom. The fourth-order valence-electron chi connectivity index (χ4n) is 7.77. The molecule has 6 aromatic rings. The molecule has 0 aliphatic carbocycles. The maximum absolute atomic E-state index is 14.5. The Morgan fingerprint density at radius 1 is 0.523 bits per heavy atom. The number of carbonyl (C=O) groups excluding carboxylic acids is 4. The van der Waals surface area contributed by atoms with Crippen LogP contribution in [0.4, 0.5) is 0 Å². The minimum atomic E-state index is -1.37. The molecule has 342 valence electrons. The second kappa shape index (κ2) is 22.0. The van der Waals surface area contributed by atoms with E-state index in [1.54, 1.807) is 18.6 Å². The number of para-hydroxylation sites is 3. The van der Waals surface area contributed by atoms with Gasteiger partial charge in [-0.3, -0.25) is 30.0 Å². The maximum atomic E-state index is 14.5. The average Bonchev–Trinajstić information content (AvgIpc) is 4.02. The van der Waals surface area contributed by atoms with Crippen molar-refractivity contribution >= 4 is 74.2 Å². The number of H-pyrrole nitrogens is 3. The molecular formula is C45H56N14O6. The number of rotatable bonds is 23. The van der Waals surface area contributed by atoms with Crippen LogP contribution in [-0.2, 0) is 43.2 Å². The molecule has 0 aliphatic rings. The van der Waals surface area contributed by atoms with Gasteiger partial charge >= 0.3 is 5.97 Å². The van der Waals surface area contributed by atoms with E-state index >= 15 is 0 Å². The summed E-state index contributed by atoms with van der Waals surface area (Å²) in [5, 5.41) is 44.1. The van der Waals surface area contributed by atoms with Crippen molar-refractivity contribution in [3.63, 3.8) is 0 Å². The highest BCUT2D eigenvalue weighted by atomic mass is 16.4. The van der Waals surface area contributed by atoms with Crippen molar-refractivity contribution in [3.05, 3.63) is 108 Å². The van der Waals surface area contributed by atoms with Gasteiger partial charge < -0.3 is 69.2 Å². The Kier molecular flexibility index (Phi) is 15.8. The highest BCUT2D eigenvalue weighted by molar-refractivity contribution is 5.96. The van der Waals surface area contributed by atoms with Crippen molar-refractivity contribution in [2.24, 2.45) is 17.2 Å². The normalized spacial score (nSPS) is 13.6. The van der Waals surface area contributed by atoms with E-state index in [1.165, 1.54) is 0 Å². The van der Waals surface area contributed by atoms with E-state index in [0.717, 1.165) is 43.8 Å². The van der Waals surface area contributed by atoms with Crippen molar-refractivity contribution in [1.29, 1.82) is 10.8 Å². The third-order valence-electron chi connectivity index (χ3n) is 11.1. The van der Waals surface area contributed by atoms with E-state index in [9.17, 15) is 29.1 Å². The average molecular weight is 889 g/mol. The van der Waals surface area contributed by atoms with Gasteiger partial charge in [0.1, 0.15) is 24.2 Å². The van der Waals surface area contributed by atoms with Gasteiger partial charge in [0.25, 0.3) is 0 Å². The summed E-state index contributed by atoms with van der Waals surface area (Å²) in [6.45, 7) is 0.336. The number of hydrogen-bond donors (Lipinski definition) is 15. The molecule has 0 saturated carbocycles. The van der Waals surface area contributed by atoms with Crippen LogP contribution in [0.3, 0.4) is 0 Å². The van der Waals surface area contributed by atoms with E-state index in [2.05, 4.69) is 46.9 Å². The zero-order valence-electron chi connectivity index (χ0n) is 35.6. The Balaban J connectivity index is 1.22. The fraction of sp³-hybridized carbons (Fsp3) is 0.311. The number of aromatic nitrogens is 3. The molecule has 0 spiro atoms. The maximum Gasteiger partial charge on any atom is 0.326 e. The zero-order chi connectivity index (χ0) is 46.5. The number of fused-ring (bicyclic) bond motifs is 3. The van der Waals surface area contributed by atoms with Gasteiger partial charge in [-0.25, -0.2) is 4.79 Å². The van der Waals surface area contributed by atoms with Gasteiger partial charge in [-0.05, 0) is 67.0 Å². The molecule has 0 saturated heterocycles. The van der Waals surface area contributed by atoms with Crippen LogP contribution in [0.5, 0.6) is 0 Å². The Hall–Kier alpha value is -7.87. The van der Waals surface area contributed by atoms with Gasteiger partial charge in [0.15, 0.2) is 11.9 Å². The number of aromatic amines is 3. The lowest BCUT2D eigenvalue weighted by molar-refractivity contribution is -0.142. The molecule has 20 nitrogen and oxygen atoms in total. The Bertz CT molecular complexity index is 2650. The molecule has 3 aromatic carbocycles. The summed E-state index contributed by atoms with van der Waals surface area (Å²) in [5.41, 5.74) is 22.1. The minimum Gasteiger partial charge on any atom is -0.480 e. The first kappa shape index (κ1) is 46.6. The number of aliphatic carboxylic acids is 1. The van der Waals surface area contributed by atoms with Crippen molar-refractivity contribution < 1.29 is 29.1 Å². The lowest BCUT2D eigenvalue weighted by Gasteiger charge is -2.27. The molecule has 18 N–H and O–H groups in total. The van der Waals surface area contributed by atoms with E-state index in [4.69, 9.17) is 28.0 Å². The lowest BCUT2D eigenvalue weighted by atomic mass is 10.0. The molecule has 0 unspecified atom stereocenters. The van der Waals surface area contributed by atoms with Gasteiger partial charge in [0.2, 0.25) is 23.6 Å². The van der Waals surface area contributed by atoms with Crippen LogP contribution in [0.2, 0.25) is 0 Å². The zero-order valence-corrected chi connectivity index (χ0v) is 35.6. The molecule has 6 rings (SSSR count). The summed E-state index contributed by atoms with van der Waals surface area (Å²) in [6, 6.07) is 16.2. The highest BCUT2D eigenvalue weighted by Crippen LogP contribution is 2.22. The third kappa shape index (κ3) is 12.6.